The summed E-state index contributed by atoms with van der Waals surface area (Å²) in [6.07, 6.45) is 2.05. The smallest absolute Gasteiger partial charge is 0.120 e. The number of hydrogen-bond acceptors (Lipinski definition) is 5. The Morgan fingerprint density at radius 1 is 0.724 bits per heavy atom. The molecule has 1 radical (unpaired) electrons. The van der Waals surface area contributed by atoms with E-state index in [4.69, 9.17) is 19.4 Å². The Hall–Kier alpha value is -5.24. The van der Waals surface area contributed by atoms with Crippen molar-refractivity contribution < 1.29 is 24.5 Å². The van der Waals surface area contributed by atoms with E-state index in [2.05, 4.69) is 143 Å². The van der Waals surface area contributed by atoms with E-state index in [0.717, 1.165) is 71.8 Å². The molecule has 0 saturated heterocycles. The van der Waals surface area contributed by atoms with E-state index in [0.29, 0.717) is 0 Å². The fourth-order valence-electron chi connectivity index (χ4n) is 7.80. The topological polar surface area (TPSA) is 56.7 Å². The minimum Gasteiger partial charge on any atom is -0.501 e. The van der Waals surface area contributed by atoms with Gasteiger partial charge in [-0.2, -0.15) is 11.3 Å². The normalized spacial score (nSPS) is 12.0. The van der Waals surface area contributed by atoms with Gasteiger partial charge in [0, 0.05) is 43.1 Å². The third-order valence-electron chi connectivity index (χ3n) is 10.7. The Morgan fingerprint density at radius 3 is 2.17 bits per heavy atom. The molecular weight excluding hydrogens is 925 g/mol. The molecule has 5 aromatic heterocycles. The molecule has 0 saturated carbocycles. The van der Waals surface area contributed by atoms with Gasteiger partial charge in [0.15, 0.2) is 0 Å². The Kier molecular flexibility index (Phi) is 10.4. The van der Waals surface area contributed by atoms with Gasteiger partial charge in [-0.3, -0.25) is 4.98 Å². The third kappa shape index (κ3) is 7.13. The molecule has 0 fully saturated rings. The maximum Gasteiger partial charge on any atom is 0.120 e. The van der Waals surface area contributed by atoms with Crippen LogP contribution in [0.1, 0.15) is 37.6 Å². The van der Waals surface area contributed by atoms with Crippen LogP contribution in [0, 0.1) is 26.0 Å². The van der Waals surface area contributed by atoms with E-state index < -0.39 is 8.07 Å². The SMILES string of the molecule is Cc1cc(-c2[c-]ccc3c2oc2ccccc23)ncc1[Si](C)(C)C.Cc1ccc2c(n1)sc1c(-c3nc4ccccc4n3-c3ccc(C(C)(C)C)cc3)[c-]ccc12.[Ir]. The van der Waals surface area contributed by atoms with Gasteiger partial charge in [0.2, 0.25) is 0 Å². The Morgan fingerprint density at radius 2 is 1.43 bits per heavy atom. The van der Waals surface area contributed by atoms with Crippen molar-refractivity contribution in [3.63, 3.8) is 0 Å². The van der Waals surface area contributed by atoms with Crippen LogP contribution in [-0.2, 0) is 25.5 Å². The average molecular weight is 969 g/mol. The van der Waals surface area contributed by atoms with Gasteiger partial charge in [0.05, 0.1) is 30.5 Å². The van der Waals surface area contributed by atoms with E-state index in [1.165, 1.54) is 31.8 Å². The molecule has 0 aliphatic carbocycles. The van der Waals surface area contributed by atoms with Gasteiger partial charge >= 0.3 is 0 Å². The maximum atomic E-state index is 6.11. The summed E-state index contributed by atoms with van der Waals surface area (Å²) >= 11 is 1.72. The van der Waals surface area contributed by atoms with Crippen molar-refractivity contribution >= 4 is 77.9 Å². The predicted molar refractivity (Wildman–Crippen MR) is 243 cm³/mol. The van der Waals surface area contributed by atoms with Crippen molar-refractivity contribution in [2.24, 2.45) is 0 Å². The standard InChI is InChI=1S/C29H24N3S.C21H20NOSi.Ir/c1-18-12-17-22-21-8-7-9-23(26(21)33-28(22)30-18)27-31-24-10-5-6-11-25(24)32(27)20-15-13-19(14-16-20)29(2,3)4;1-14-12-18(22-13-20(14)24(2,3)4)17-10-7-9-16-15-8-5-6-11-19(15)23-21(16)17;/h5-8,10-17H,1-4H3;5-9,11-13H,1-4H3;/q2*-1;. The number of aromatic nitrogens is 4. The van der Waals surface area contributed by atoms with Crippen LogP contribution in [-0.4, -0.2) is 27.6 Å². The molecule has 5 nitrogen and oxygen atoms in total. The molecule has 291 valence electrons. The van der Waals surface area contributed by atoms with E-state index in [-0.39, 0.29) is 25.5 Å². The van der Waals surface area contributed by atoms with Crippen molar-refractivity contribution in [1.29, 1.82) is 0 Å². The van der Waals surface area contributed by atoms with Gasteiger partial charge in [0.1, 0.15) is 10.4 Å². The largest absolute Gasteiger partial charge is 0.501 e. The molecule has 10 rings (SSSR count). The van der Waals surface area contributed by atoms with E-state index >= 15 is 0 Å². The van der Waals surface area contributed by atoms with Crippen molar-refractivity contribution in [3.05, 3.63) is 150 Å². The van der Waals surface area contributed by atoms with Crippen molar-refractivity contribution in [2.45, 2.75) is 59.7 Å². The first-order valence-electron chi connectivity index (χ1n) is 19.4. The summed E-state index contributed by atoms with van der Waals surface area (Å²) in [7, 11) is -1.38. The van der Waals surface area contributed by atoms with Crippen molar-refractivity contribution in [1.82, 2.24) is 19.5 Å². The van der Waals surface area contributed by atoms with Gasteiger partial charge in [-0.15, -0.1) is 36.4 Å². The zero-order valence-corrected chi connectivity index (χ0v) is 38.2. The predicted octanol–water partition coefficient (Wildman–Crippen LogP) is 13.2. The Bertz CT molecular complexity index is 3130. The third-order valence-corrected chi connectivity index (χ3v) is 14.0. The van der Waals surface area contributed by atoms with Crippen LogP contribution in [0.2, 0.25) is 19.6 Å². The molecule has 58 heavy (non-hydrogen) atoms. The first kappa shape index (κ1) is 39.6. The minimum absolute atomic E-state index is 0. The van der Waals surface area contributed by atoms with Crippen LogP contribution in [0.3, 0.4) is 0 Å². The molecule has 0 unspecified atom stereocenters. The molecule has 0 N–H and O–H groups in total. The summed E-state index contributed by atoms with van der Waals surface area (Å²) in [5.41, 5.74) is 11.6. The number of imidazole rings is 1. The van der Waals surface area contributed by atoms with Gasteiger partial charge in [-0.25, -0.2) is 4.98 Å². The fourth-order valence-corrected chi connectivity index (χ4v) is 10.7. The second-order valence-corrected chi connectivity index (χ2v) is 22.9. The van der Waals surface area contributed by atoms with E-state index in [1.54, 1.807) is 11.3 Å². The molecule has 0 atom stereocenters. The first-order chi connectivity index (χ1) is 27.3. The van der Waals surface area contributed by atoms with Crippen LogP contribution >= 0.6 is 11.3 Å². The molecule has 0 amide bonds. The zero-order chi connectivity index (χ0) is 39.6. The molecule has 5 heterocycles. The summed E-state index contributed by atoms with van der Waals surface area (Å²) in [6, 6.07) is 46.8. The van der Waals surface area contributed by atoms with Crippen LogP contribution in [0.5, 0.6) is 0 Å². The van der Waals surface area contributed by atoms with Crippen LogP contribution in [0.25, 0.3) is 81.6 Å². The summed E-state index contributed by atoms with van der Waals surface area (Å²) < 4.78 is 9.55. The average Bonchev–Trinajstić information content (AvgIpc) is 3.88. The van der Waals surface area contributed by atoms with E-state index in [9.17, 15) is 0 Å². The summed E-state index contributed by atoms with van der Waals surface area (Å²) in [6.45, 7) is 18.0. The molecule has 0 spiro atoms. The van der Waals surface area contributed by atoms with Crippen molar-refractivity contribution in [2.75, 3.05) is 0 Å². The van der Waals surface area contributed by atoms with E-state index in [1.807, 2.05) is 49.5 Å². The van der Waals surface area contributed by atoms with Gasteiger partial charge in [-0.05, 0) is 82.2 Å². The number of hydrogen-bond donors (Lipinski definition) is 0. The second-order valence-electron chi connectivity index (χ2n) is 16.9. The number of furan rings is 1. The molecule has 8 heteroatoms. The summed E-state index contributed by atoms with van der Waals surface area (Å²) in [5, 5.41) is 6.06. The van der Waals surface area contributed by atoms with Gasteiger partial charge < -0.3 is 14.0 Å². The number of nitrogens with zero attached hydrogens (tertiary/aromatic N) is 4. The fraction of sp³-hybridized carbons (Fsp3) is 0.180. The minimum atomic E-state index is -1.38. The van der Waals surface area contributed by atoms with Gasteiger partial charge in [0.25, 0.3) is 0 Å². The molecule has 0 aliphatic rings. The monoisotopic (exact) mass is 969 g/mol. The van der Waals surface area contributed by atoms with Gasteiger partial charge in [-0.1, -0.05) is 122 Å². The van der Waals surface area contributed by atoms with Crippen LogP contribution in [0.4, 0.5) is 0 Å². The maximum absolute atomic E-state index is 6.11. The first-order valence-corrected chi connectivity index (χ1v) is 23.8. The molecule has 0 bridgehead atoms. The number of aryl methyl sites for hydroxylation is 2. The molecule has 10 aromatic rings. The van der Waals surface area contributed by atoms with Crippen molar-refractivity contribution in [3.8, 4) is 28.3 Å². The summed E-state index contributed by atoms with van der Waals surface area (Å²) in [4.78, 5) is 15.7. The number of para-hydroxylation sites is 3. The number of benzene rings is 5. The summed E-state index contributed by atoms with van der Waals surface area (Å²) in [5.74, 6) is 0.911. The van der Waals surface area contributed by atoms with Crippen LogP contribution < -0.4 is 5.19 Å². The second kappa shape index (κ2) is 15.2. The quantitative estimate of drug-likeness (QED) is 0.130. The zero-order valence-electron chi connectivity index (χ0n) is 34.0. The Balaban J connectivity index is 0.000000167. The number of pyridine rings is 2. The molecular formula is C50H44IrN4OSSi-2. The molecule has 0 aliphatic heterocycles. The number of thiophene rings is 1. The number of rotatable bonds is 4. The van der Waals surface area contributed by atoms with Crippen LogP contribution in [0.15, 0.2) is 126 Å². The Labute approximate surface area is 358 Å². The molecule has 5 aromatic carbocycles. The number of fused-ring (bicyclic) bond motifs is 7.